The van der Waals surface area contributed by atoms with Gasteiger partial charge in [0.05, 0.1) is 12.4 Å². The van der Waals surface area contributed by atoms with Crippen molar-refractivity contribution in [1.29, 1.82) is 0 Å². The van der Waals surface area contributed by atoms with Crippen molar-refractivity contribution in [3.05, 3.63) is 23.7 Å². The van der Waals surface area contributed by atoms with Gasteiger partial charge in [0.2, 0.25) is 0 Å². The minimum absolute atomic E-state index is 0.267. The van der Waals surface area contributed by atoms with Gasteiger partial charge in [-0.1, -0.05) is 13.8 Å². The molecular formula is C12H21NO2. The Morgan fingerprint density at radius 3 is 2.73 bits per heavy atom. The molecule has 1 heterocycles. The molecule has 0 saturated heterocycles. The first-order chi connectivity index (χ1) is 7.13. The fourth-order valence-electron chi connectivity index (χ4n) is 1.20. The Hall–Kier alpha value is -0.800. The van der Waals surface area contributed by atoms with E-state index in [1.54, 1.807) is 6.26 Å². The smallest absolute Gasteiger partial charge is 0.129 e. The van der Waals surface area contributed by atoms with Gasteiger partial charge in [-0.05, 0) is 26.0 Å². The maximum absolute atomic E-state index is 5.67. The summed E-state index contributed by atoms with van der Waals surface area (Å²) < 4.78 is 11.0. The Morgan fingerprint density at radius 1 is 1.40 bits per heavy atom. The van der Waals surface area contributed by atoms with Crippen LogP contribution < -0.4 is 5.32 Å². The van der Waals surface area contributed by atoms with Crippen LogP contribution >= 0.6 is 0 Å². The molecule has 0 aromatic carbocycles. The topological polar surface area (TPSA) is 34.4 Å². The Labute approximate surface area is 91.8 Å². The van der Waals surface area contributed by atoms with E-state index in [-0.39, 0.29) is 6.10 Å². The van der Waals surface area contributed by atoms with E-state index in [0.717, 1.165) is 17.9 Å². The molecule has 0 amide bonds. The summed E-state index contributed by atoms with van der Waals surface area (Å²) in [6.45, 7) is 7.78. The highest BCUT2D eigenvalue weighted by atomic mass is 16.5. The van der Waals surface area contributed by atoms with Crippen molar-refractivity contribution in [3.8, 4) is 0 Å². The van der Waals surface area contributed by atoms with Crippen molar-refractivity contribution in [3.63, 3.8) is 0 Å². The van der Waals surface area contributed by atoms with Crippen LogP contribution in [0.15, 0.2) is 16.7 Å². The lowest BCUT2D eigenvalue weighted by atomic mass is 10.1. The van der Waals surface area contributed by atoms with Gasteiger partial charge in [-0.3, -0.25) is 0 Å². The summed E-state index contributed by atoms with van der Waals surface area (Å²) >= 11 is 0. The summed E-state index contributed by atoms with van der Waals surface area (Å²) in [7, 11) is 1.92. The van der Waals surface area contributed by atoms with Gasteiger partial charge in [0, 0.05) is 12.1 Å². The zero-order chi connectivity index (χ0) is 11.3. The van der Waals surface area contributed by atoms with Gasteiger partial charge in [-0.15, -0.1) is 0 Å². The normalized spacial score (nSPS) is 13.4. The largest absolute Gasteiger partial charge is 0.467 e. The van der Waals surface area contributed by atoms with E-state index in [2.05, 4.69) is 26.1 Å². The van der Waals surface area contributed by atoms with Crippen molar-refractivity contribution in [2.75, 3.05) is 7.05 Å². The number of hydrogen-bond donors (Lipinski definition) is 1. The number of nitrogens with one attached hydrogen (secondary N) is 1. The van der Waals surface area contributed by atoms with E-state index in [0.29, 0.717) is 12.5 Å². The second kappa shape index (κ2) is 5.93. The quantitative estimate of drug-likeness (QED) is 0.785. The monoisotopic (exact) mass is 211 g/mol. The van der Waals surface area contributed by atoms with E-state index in [1.165, 1.54) is 0 Å². The van der Waals surface area contributed by atoms with Crippen LogP contribution in [-0.2, 0) is 17.9 Å². The lowest BCUT2D eigenvalue weighted by molar-refractivity contribution is 0.0149. The predicted octanol–water partition coefficient (Wildman–Crippen LogP) is 2.56. The van der Waals surface area contributed by atoms with E-state index in [9.17, 15) is 0 Å². The van der Waals surface area contributed by atoms with Gasteiger partial charge in [-0.2, -0.15) is 0 Å². The number of furan rings is 1. The zero-order valence-corrected chi connectivity index (χ0v) is 10.0. The molecule has 1 aromatic heterocycles. The van der Waals surface area contributed by atoms with Crippen LogP contribution in [0.3, 0.4) is 0 Å². The van der Waals surface area contributed by atoms with Crippen molar-refractivity contribution in [2.24, 2.45) is 5.92 Å². The van der Waals surface area contributed by atoms with Gasteiger partial charge in [0.1, 0.15) is 12.4 Å². The van der Waals surface area contributed by atoms with E-state index in [4.69, 9.17) is 9.15 Å². The molecule has 0 spiro atoms. The molecule has 86 valence electrons. The maximum Gasteiger partial charge on any atom is 0.129 e. The molecule has 0 aliphatic rings. The average Bonchev–Trinajstić information content (AvgIpc) is 2.62. The molecule has 3 nitrogen and oxygen atoms in total. The molecule has 0 bridgehead atoms. The second-order valence-electron chi connectivity index (χ2n) is 4.21. The predicted molar refractivity (Wildman–Crippen MR) is 60.6 cm³/mol. The minimum Gasteiger partial charge on any atom is -0.467 e. The lowest BCUT2D eigenvalue weighted by Gasteiger charge is -2.15. The molecule has 0 saturated carbocycles. The number of ether oxygens (including phenoxy) is 1. The maximum atomic E-state index is 5.67. The third kappa shape index (κ3) is 4.06. The third-order valence-electron chi connectivity index (χ3n) is 2.52. The molecule has 15 heavy (non-hydrogen) atoms. The van der Waals surface area contributed by atoms with E-state index < -0.39 is 0 Å². The van der Waals surface area contributed by atoms with E-state index >= 15 is 0 Å². The van der Waals surface area contributed by atoms with Crippen molar-refractivity contribution < 1.29 is 9.15 Å². The molecule has 1 aromatic rings. The second-order valence-corrected chi connectivity index (χ2v) is 4.21. The summed E-state index contributed by atoms with van der Waals surface area (Å²) in [5.74, 6) is 1.43. The summed E-state index contributed by atoms with van der Waals surface area (Å²) in [6.07, 6.45) is 2.04. The molecule has 0 aliphatic carbocycles. The zero-order valence-electron chi connectivity index (χ0n) is 10.0. The highest BCUT2D eigenvalue weighted by Gasteiger charge is 2.08. The average molecular weight is 211 g/mol. The molecule has 0 aliphatic heterocycles. The van der Waals surface area contributed by atoms with Crippen LogP contribution in [-0.4, -0.2) is 13.2 Å². The van der Waals surface area contributed by atoms with Gasteiger partial charge in [-0.25, -0.2) is 0 Å². The first kappa shape index (κ1) is 12.3. The number of hydrogen-bond acceptors (Lipinski definition) is 3. The standard InChI is InChI=1S/C12H21NO2/c1-9(2)10(3)14-8-12-5-11(6-13-4)7-15-12/h5,7,9-10,13H,6,8H2,1-4H3. The van der Waals surface area contributed by atoms with E-state index in [1.807, 2.05) is 13.1 Å². The summed E-state index contributed by atoms with van der Waals surface area (Å²) in [5, 5.41) is 3.08. The Bertz CT molecular complexity index is 281. The number of rotatable bonds is 6. The van der Waals surface area contributed by atoms with Crippen LogP contribution in [0.1, 0.15) is 32.1 Å². The molecule has 0 radical (unpaired) electrons. The van der Waals surface area contributed by atoms with Crippen molar-refractivity contribution >= 4 is 0 Å². The van der Waals surface area contributed by atoms with Gasteiger partial charge in [0.25, 0.3) is 0 Å². The van der Waals surface area contributed by atoms with Crippen LogP contribution in [0.25, 0.3) is 0 Å². The van der Waals surface area contributed by atoms with Gasteiger partial charge < -0.3 is 14.5 Å². The van der Waals surface area contributed by atoms with Crippen LogP contribution in [0.4, 0.5) is 0 Å². The van der Waals surface area contributed by atoms with Crippen LogP contribution in [0, 0.1) is 5.92 Å². The summed E-state index contributed by atoms with van der Waals surface area (Å²) in [6, 6.07) is 2.03. The molecule has 1 N–H and O–H groups in total. The molecular weight excluding hydrogens is 190 g/mol. The fourth-order valence-corrected chi connectivity index (χ4v) is 1.20. The third-order valence-corrected chi connectivity index (χ3v) is 2.52. The summed E-state index contributed by atoms with van der Waals surface area (Å²) in [5.41, 5.74) is 1.16. The SMILES string of the molecule is CNCc1coc(COC(C)C(C)C)c1. The highest BCUT2D eigenvalue weighted by molar-refractivity contribution is 5.11. The van der Waals surface area contributed by atoms with Crippen molar-refractivity contribution in [1.82, 2.24) is 5.32 Å². The van der Waals surface area contributed by atoms with Crippen LogP contribution in [0.5, 0.6) is 0 Å². The Kier molecular flexibility index (Phi) is 4.85. The lowest BCUT2D eigenvalue weighted by Crippen LogP contribution is -2.14. The Morgan fingerprint density at radius 2 is 2.13 bits per heavy atom. The minimum atomic E-state index is 0.267. The fraction of sp³-hybridized carbons (Fsp3) is 0.667. The van der Waals surface area contributed by atoms with Crippen molar-refractivity contribution in [2.45, 2.75) is 40.0 Å². The van der Waals surface area contributed by atoms with Gasteiger partial charge >= 0.3 is 0 Å². The molecule has 1 unspecified atom stereocenters. The highest BCUT2D eigenvalue weighted by Crippen LogP contribution is 2.12. The summed E-state index contributed by atoms with van der Waals surface area (Å²) in [4.78, 5) is 0. The molecule has 1 atom stereocenters. The Balaban J connectivity index is 2.37. The molecule has 3 heteroatoms. The molecule has 1 rings (SSSR count). The van der Waals surface area contributed by atoms with Crippen LogP contribution in [0.2, 0.25) is 0 Å². The molecule has 0 fully saturated rings. The first-order valence-electron chi connectivity index (χ1n) is 5.46. The first-order valence-corrected chi connectivity index (χ1v) is 5.46. The van der Waals surface area contributed by atoms with Gasteiger partial charge in [0.15, 0.2) is 0 Å².